The minimum atomic E-state index is -0.186. The van der Waals surface area contributed by atoms with Gasteiger partial charge in [-0.15, -0.1) is 0 Å². The normalized spacial score (nSPS) is 17.2. The molecule has 4 nitrogen and oxygen atoms in total. The van der Waals surface area contributed by atoms with E-state index in [9.17, 15) is 4.79 Å². The monoisotopic (exact) mass is 387 g/mol. The molecule has 0 unspecified atom stereocenters. The summed E-state index contributed by atoms with van der Waals surface area (Å²) in [6.07, 6.45) is 1.60. The van der Waals surface area contributed by atoms with Crippen molar-refractivity contribution < 1.29 is 14.3 Å². The summed E-state index contributed by atoms with van der Waals surface area (Å²) in [5.74, 6) is 1.53. The van der Waals surface area contributed by atoms with Gasteiger partial charge in [0.25, 0.3) is 0 Å². The number of carbonyl (C=O) groups excluding carboxylic acids is 1. The maximum absolute atomic E-state index is 13.1. The summed E-state index contributed by atoms with van der Waals surface area (Å²) < 4.78 is 11.0. The quantitative estimate of drug-likeness (QED) is 0.734. The van der Waals surface area contributed by atoms with Gasteiger partial charge in [0.1, 0.15) is 0 Å². The molecule has 0 fully saturated rings. The molecule has 2 aromatic rings. The van der Waals surface area contributed by atoms with Gasteiger partial charge in [-0.3, -0.25) is 4.79 Å². The predicted octanol–water partition coefficient (Wildman–Crippen LogP) is 4.88. The van der Waals surface area contributed by atoms with Crippen LogP contribution in [0.2, 0.25) is 5.02 Å². The van der Waals surface area contributed by atoms with Gasteiger partial charge in [-0.25, -0.2) is 0 Å². The Hall–Kier alpha value is -2.20. The van der Waals surface area contributed by atoms with Crippen LogP contribution >= 0.6 is 11.6 Å². The number of benzene rings is 2. The summed E-state index contributed by atoms with van der Waals surface area (Å²) in [5, 5.41) is 0.663. The lowest BCUT2D eigenvalue weighted by atomic mass is 9.86. The van der Waals surface area contributed by atoms with Crippen LogP contribution in [0.15, 0.2) is 36.4 Å². The van der Waals surface area contributed by atoms with Gasteiger partial charge in [-0.2, -0.15) is 0 Å². The van der Waals surface area contributed by atoms with Crippen LogP contribution in [0.1, 0.15) is 43.0 Å². The maximum atomic E-state index is 13.1. The zero-order valence-electron chi connectivity index (χ0n) is 16.3. The third-order valence-electron chi connectivity index (χ3n) is 5.36. The van der Waals surface area contributed by atoms with E-state index in [2.05, 4.69) is 0 Å². The number of nitrogens with zero attached hydrogens (tertiary/aromatic N) is 1. The Kier molecular flexibility index (Phi) is 5.95. The predicted molar refractivity (Wildman–Crippen MR) is 108 cm³/mol. The lowest BCUT2D eigenvalue weighted by molar-refractivity contribution is -0.137. The minimum Gasteiger partial charge on any atom is -0.493 e. The molecular weight excluding hydrogens is 362 g/mol. The van der Waals surface area contributed by atoms with Gasteiger partial charge in [-0.05, 0) is 53.8 Å². The molecule has 2 atom stereocenters. The van der Waals surface area contributed by atoms with Gasteiger partial charge in [0.2, 0.25) is 5.91 Å². The average molecular weight is 388 g/mol. The van der Waals surface area contributed by atoms with E-state index in [0.29, 0.717) is 23.1 Å². The van der Waals surface area contributed by atoms with Gasteiger partial charge in [0, 0.05) is 17.5 Å². The largest absolute Gasteiger partial charge is 0.493 e. The van der Waals surface area contributed by atoms with Gasteiger partial charge in [0.05, 0.1) is 20.3 Å². The highest BCUT2D eigenvalue weighted by Gasteiger charge is 2.34. The maximum Gasteiger partial charge on any atom is 0.226 e. The highest BCUT2D eigenvalue weighted by atomic mass is 35.5. The first-order valence-corrected chi connectivity index (χ1v) is 9.68. The van der Waals surface area contributed by atoms with Crippen molar-refractivity contribution in [1.29, 1.82) is 0 Å². The molecule has 0 spiro atoms. The highest BCUT2D eigenvalue weighted by molar-refractivity contribution is 6.30. The summed E-state index contributed by atoms with van der Waals surface area (Å²) in [4.78, 5) is 15.1. The van der Waals surface area contributed by atoms with Crippen LogP contribution in [0.25, 0.3) is 0 Å². The van der Waals surface area contributed by atoms with E-state index in [-0.39, 0.29) is 17.9 Å². The van der Waals surface area contributed by atoms with E-state index in [4.69, 9.17) is 21.1 Å². The fourth-order valence-electron chi connectivity index (χ4n) is 3.68. The van der Waals surface area contributed by atoms with Crippen LogP contribution in [-0.4, -0.2) is 31.6 Å². The zero-order valence-corrected chi connectivity index (χ0v) is 17.0. The van der Waals surface area contributed by atoms with Crippen LogP contribution in [-0.2, 0) is 11.2 Å². The van der Waals surface area contributed by atoms with Gasteiger partial charge in [-0.1, -0.05) is 37.6 Å². The van der Waals surface area contributed by atoms with Crippen LogP contribution in [0.5, 0.6) is 11.5 Å². The van der Waals surface area contributed by atoms with E-state index in [0.717, 1.165) is 24.0 Å². The molecule has 1 heterocycles. The summed E-state index contributed by atoms with van der Waals surface area (Å²) in [7, 11) is 3.27. The molecule has 1 aliphatic heterocycles. The van der Waals surface area contributed by atoms with Crippen molar-refractivity contribution in [2.24, 2.45) is 5.92 Å². The van der Waals surface area contributed by atoms with Crippen LogP contribution < -0.4 is 9.47 Å². The summed E-state index contributed by atoms with van der Waals surface area (Å²) in [6, 6.07) is 11.6. The lowest BCUT2D eigenvalue weighted by Crippen LogP contribution is -2.43. The topological polar surface area (TPSA) is 38.8 Å². The number of halogens is 1. The molecule has 5 heteroatoms. The van der Waals surface area contributed by atoms with Gasteiger partial charge in [0.15, 0.2) is 11.5 Å². The second-order valence-corrected chi connectivity index (χ2v) is 7.39. The number of fused-ring (bicyclic) bond motifs is 1. The second kappa shape index (κ2) is 8.22. The molecule has 3 rings (SSSR count). The number of ether oxygens (including phenoxy) is 2. The van der Waals surface area contributed by atoms with Crippen LogP contribution in [0.3, 0.4) is 0 Å². The van der Waals surface area contributed by atoms with Crippen molar-refractivity contribution in [2.45, 2.75) is 32.7 Å². The minimum absolute atomic E-state index is 0.0200. The Morgan fingerprint density at radius 1 is 1.22 bits per heavy atom. The Morgan fingerprint density at radius 2 is 1.93 bits per heavy atom. The third kappa shape index (κ3) is 3.77. The van der Waals surface area contributed by atoms with Crippen molar-refractivity contribution in [3.63, 3.8) is 0 Å². The number of rotatable bonds is 5. The Balaban J connectivity index is 2.16. The molecule has 0 N–H and O–H groups in total. The zero-order chi connectivity index (χ0) is 19.6. The molecule has 27 heavy (non-hydrogen) atoms. The van der Waals surface area contributed by atoms with E-state index in [1.807, 2.05) is 55.1 Å². The number of hydrogen-bond donors (Lipinski definition) is 0. The molecule has 0 saturated heterocycles. The molecular formula is C22H26ClNO3. The Bertz CT molecular complexity index is 836. The average Bonchev–Trinajstić information content (AvgIpc) is 2.70. The number of carbonyl (C=O) groups is 1. The van der Waals surface area contributed by atoms with Crippen molar-refractivity contribution >= 4 is 17.5 Å². The molecule has 1 aliphatic rings. The van der Waals surface area contributed by atoms with E-state index in [1.165, 1.54) is 5.56 Å². The number of methoxy groups -OCH3 is 2. The first-order chi connectivity index (χ1) is 13.0. The Morgan fingerprint density at radius 3 is 2.56 bits per heavy atom. The van der Waals surface area contributed by atoms with E-state index in [1.54, 1.807) is 14.2 Å². The van der Waals surface area contributed by atoms with Gasteiger partial charge >= 0.3 is 0 Å². The first kappa shape index (κ1) is 19.6. The lowest BCUT2D eigenvalue weighted by Gasteiger charge is -2.39. The first-order valence-electron chi connectivity index (χ1n) is 9.30. The van der Waals surface area contributed by atoms with Crippen LogP contribution in [0, 0.1) is 5.92 Å². The van der Waals surface area contributed by atoms with Crippen molar-refractivity contribution in [1.82, 2.24) is 4.90 Å². The standard InChI is InChI=1S/C22H26ClNO3/c1-5-14(2)22(25)24-10-9-15-12-19(26-3)20(27-4)13-18(15)21(24)16-7-6-8-17(23)11-16/h6-8,11-14,21H,5,9-10H2,1-4H3/t14-,21+/m1/s1. The molecule has 0 aromatic heterocycles. The number of amides is 1. The van der Waals surface area contributed by atoms with Crippen molar-refractivity contribution in [3.05, 3.63) is 58.1 Å². The smallest absolute Gasteiger partial charge is 0.226 e. The Labute approximate surface area is 166 Å². The van der Waals surface area contributed by atoms with Gasteiger partial charge < -0.3 is 14.4 Å². The SMILES string of the molecule is CC[C@@H](C)C(=O)N1CCc2cc(OC)c(OC)cc2[C@@H]1c1cccc(Cl)c1. The molecule has 0 aliphatic carbocycles. The fraction of sp³-hybridized carbons (Fsp3) is 0.409. The van der Waals surface area contributed by atoms with E-state index >= 15 is 0 Å². The number of hydrogen-bond acceptors (Lipinski definition) is 3. The molecule has 0 radical (unpaired) electrons. The van der Waals surface area contributed by atoms with E-state index < -0.39 is 0 Å². The summed E-state index contributed by atoms with van der Waals surface area (Å²) in [6.45, 7) is 4.70. The molecule has 144 valence electrons. The van der Waals surface area contributed by atoms with Crippen molar-refractivity contribution in [3.8, 4) is 11.5 Å². The molecule has 2 aromatic carbocycles. The third-order valence-corrected chi connectivity index (χ3v) is 5.59. The highest BCUT2D eigenvalue weighted by Crippen LogP contribution is 2.42. The molecule has 1 amide bonds. The molecule has 0 saturated carbocycles. The van der Waals surface area contributed by atoms with Crippen LogP contribution in [0.4, 0.5) is 0 Å². The summed E-state index contributed by atoms with van der Waals surface area (Å²) in [5.41, 5.74) is 3.25. The second-order valence-electron chi connectivity index (χ2n) is 6.95. The fourth-order valence-corrected chi connectivity index (χ4v) is 3.88. The summed E-state index contributed by atoms with van der Waals surface area (Å²) >= 11 is 6.27. The van der Waals surface area contributed by atoms with Crippen molar-refractivity contribution in [2.75, 3.05) is 20.8 Å². The molecule has 0 bridgehead atoms.